The molecule has 0 fully saturated rings. The van der Waals surface area contributed by atoms with Crippen molar-refractivity contribution in [2.75, 3.05) is 0 Å². The number of nitrogens with zero attached hydrogens (tertiary/aromatic N) is 2. The summed E-state index contributed by atoms with van der Waals surface area (Å²) in [5.41, 5.74) is 5.15. The zero-order valence-electron chi connectivity index (χ0n) is 11.5. The van der Waals surface area contributed by atoms with Gasteiger partial charge in [0.25, 0.3) is 0 Å². The quantitative estimate of drug-likeness (QED) is 0.564. The van der Waals surface area contributed by atoms with Crippen LogP contribution in [0, 0.1) is 0 Å². The van der Waals surface area contributed by atoms with Gasteiger partial charge in [0.2, 0.25) is 0 Å². The summed E-state index contributed by atoms with van der Waals surface area (Å²) in [5.74, 6) is 5.79. The molecule has 3 N–H and O–H groups in total. The summed E-state index contributed by atoms with van der Waals surface area (Å²) in [5, 5.41) is 6.76. The van der Waals surface area contributed by atoms with Gasteiger partial charge in [-0.15, -0.1) is 0 Å². The summed E-state index contributed by atoms with van der Waals surface area (Å²) in [4.78, 5) is 0. The molecule has 3 aromatic rings. The van der Waals surface area contributed by atoms with Gasteiger partial charge >= 0.3 is 0 Å². The van der Waals surface area contributed by atoms with Crippen LogP contribution in [-0.2, 0) is 6.54 Å². The lowest BCUT2D eigenvalue weighted by atomic mass is 9.96. The molecular weight excluding hydrogens is 248 g/mol. The first-order valence-corrected chi connectivity index (χ1v) is 6.79. The van der Waals surface area contributed by atoms with Crippen LogP contribution in [0.1, 0.15) is 24.1 Å². The van der Waals surface area contributed by atoms with Crippen molar-refractivity contribution >= 4 is 10.8 Å². The first kappa shape index (κ1) is 12.8. The molecule has 0 bridgehead atoms. The van der Waals surface area contributed by atoms with Gasteiger partial charge < -0.3 is 0 Å². The predicted octanol–water partition coefficient (Wildman–Crippen LogP) is 2.61. The van der Waals surface area contributed by atoms with Gasteiger partial charge in [0, 0.05) is 18.3 Å². The minimum Gasteiger partial charge on any atom is -0.273 e. The molecule has 0 saturated heterocycles. The van der Waals surface area contributed by atoms with Crippen LogP contribution >= 0.6 is 0 Å². The molecule has 1 atom stereocenters. The normalized spacial score (nSPS) is 12.7. The molecule has 1 aromatic heterocycles. The minimum atomic E-state index is -0.0543. The number of benzene rings is 2. The Kier molecular flexibility index (Phi) is 3.50. The lowest BCUT2D eigenvalue weighted by Gasteiger charge is -2.17. The van der Waals surface area contributed by atoms with Crippen LogP contribution in [0.15, 0.2) is 54.9 Å². The average Bonchev–Trinajstić information content (AvgIpc) is 2.97. The minimum absolute atomic E-state index is 0.0543. The molecule has 1 heterocycles. The fraction of sp³-hybridized carbons (Fsp3) is 0.188. The maximum absolute atomic E-state index is 5.79. The van der Waals surface area contributed by atoms with Crippen LogP contribution in [0.4, 0.5) is 0 Å². The van der Waals surface area contributed by atoms with Gasteiger partial charge in [-0.1, -0.05) is 42.5 Å². The van der Waals surface area contributed by atoms with Gasteiger partial charge in [-0.25, -0.2) is 5.43 Å². The Morgan fingerprint density at radius 1 is 1.20 bits per heavy atom. The van der Waals surface area contributed by atoms with Crippen molar-refractivity contribution in [2.24, 2.45) is 5.84 Å². The summed E-state index contributed by atoms with van der Waals surface area (Å²) in [6.07, 6.45) is 3.90. The van der Waals surface area contributed by atoms with E-state index in [-0.39, 0.29) is 6.04 Å². The lowest BCUT2D eigenvalue weighted by molar-refractivity contribution is 0.633. The van der Waals surface area contributed by atoms with Crippen molar-refractivity contribution in [3.05, 3.63) is 66.0 Å². The van der Waals surface area contributed by atoms with Crippen LogP contribution in [-0.4, -0.2) is 9.78 Å². The van der Waals surface area contributed by atoms with E-state index in [2.05, 4.69) is 53.8 Å². The molecule has 0 amide bonds. The number of nitrogens with two attached hydrogens (primary N) is 1. The van der Waals surface area contributed by atoms with E-state index in [0.717, 1.165) is 12.1 Å². The Morgan fingerprint density at radius 2 is 2.00 bits per heavy atom. The third kappa shape index (κ3) is 2.19. The van der Waals surface area contributed by atoms with E-state index in [1.54, 1.807) is 0 Å². The van der Waals surface area contributed by atoms with Crippen molar-refractivity contribution in [1.82, 2.24) is 15.2 Å². The van der Waals surface area contributed by atoms with Crippen LogP contribution < -0.4 is 11.3 Å². The third-order valence-electron chi connectivity index (χ3n) is 3.61. The van der Waals surface area contributed by atoms with Gasteiger partial charge in [0.1, 0.15) is 0 Å². The molecule has 2 aromatic carbocycles. The van der Waals surface area contributed by atoms with Gasteiger partial charge in [-0.3, -0.25) is 10.5 Å². The van der Waals surface area contributed by atoms with Crippen molar-refractivity contribution < 1.29 is 0 Å². The fourth-order valence-electron chi connectivity index (χ4n) is 2.57. The van der Waals surface area contributed by atoms with E-state index >= 15 is 0 Å². The van der Waals surface area contributed by atoms with Crippen LogP contribution in [0.2, 0.25) is 0 Å². The first-order chi connectivity index (χ1) is 9.83. The Labute approximate surface area is 118 Å². The first-order valence-electron chi connectivity index (χ1n) is 6.79. The SMILES string of the molecule is CCn1cc(C(NN)c2cccc3ccccc23)cn1. The molecule has 0 radical (unpaired) electrons. The highest BCUT2D eigenvalue weighted by Gasteiger charge is 2.16. The molecular formula is C16H18N4. The number of hydrazine groups is 1. The maximum Gasteiger partial charge on any atom is 0.0746 e. The molecule has 0 aliphatic heterocycles. The van der Waals surface area contributed by atoms with E-state index < -0.39 is 0 Å². The second-order valence-corrected chi connectivity index (χ2v) is 4.80. The summed E-state index contributed by atoms with van der Waals surface area (Å²) >= 11 is 0. The molecule has 4 heteroatoms. The largest absolute Gasteiger partial charge is 0.273 e. The molecule has 0 spiro atoms. The van der Waals surface area contributed by atoms with E-state index in [0.29, 0.717) is 0 Å². The molecule has 4 nitrogen and oxygen atoms in total. The number of aryl methyl sites for hydroxylation is 1. The van der Waals surface area contributed by atoms with E-state index in [4.69, 9.17) is 5.84 Å². The smallest absolute Gasteiger partial charge is 0.0746 e. The molecule has 0 aliphatic rings. The Morgan fingerprint density at radius 3 is 2.75 bits per heavy atom. The van der Waals surface area contributed by atoms with E-state index in [1.165, 1.54) is 16.3 Å². The Hall–Kier alpha value is -2.17. The van der Waals surface area contributed by atoms with Gasteiger partial charge in [-0.2, -0.15) is 5.10 Å². The van der Waals surface area contributed by atoms with E-state index in [9.17, 15) is 0 Å². The lowest BCUT2D eigenvalue weighted by Crippen LogP contribution is -2.28. The molecule has 0 saturated carbocycles. The molecule has 102 valence electrons. The summed E-state index contributed by atoms with van der Waals surface area (Å²) in [6.45, 7) is 2.92. The number of rotatable bonds is 4. The van der Waals surface area contributed by atoms with Crippen LogP contribution in [0.5, 0.6) is 0 Å². The van der Waals surface area contributed by atoms with Crippen molar-refractivity contribution in [2.45, 2.75) is 19.5 Å². The molecule has 1 unspecified atom stereocenters. The molecule has 20 heavy (non-hydrogen) atoms. The standard InChI is InChI=1S/C16H18N4/c1-2-20-11-13(10-18-20)16(19-17)15-9-5-7-12-6-3-4-8-14(12)15/h3-11,16,19H,2,17H2,1H3. The summed E-state index contributed by atoms with van der Waals surface area (Å²) < 4.78 is 1.91. The zero-order valence-corrected chi connectivity index (χ0v) is 11.5. The number of hydrogen-bond donors (Lipinski definition) is 2. The molecule has 0 aliphatic carbocycles. The van der Waals surface area contributed by atoms with Crippen LogP contribution in [0.3, 0.4) is 0 Å². The second-order valence-electron chi connectivity index (χ2n) is 4.80. The summed E-state index contributed by atoms with van der Waals surface area (Å²) in [6, 6.07) is 14.6. The number of aromatic nitrogens is 2. The predicted molar refractivity (Wildman–Crippen MR) is 81.0 cm³/mol. The van der Waals surface area contributed by atoms with Gasteiger partial charge in [0.15, 0.2) is 0 Å². The maximum atomic E-state index is 5.79. The van der Waals surface area contributed by atoms with Crippen molar-refractivity contribution in [1.29, 1.82) is 0 Å². The molecule has 3 rings (SSSR count). The van der Waals surface area contributed by atoms with Crippen LogP contribution in [0.25, 0.3) is 10.8 Å². The van der Waals surface area contributed by atoms with Gasteiger partial charge in [-0.05, 0) is 23.3 Å². The highest BCUT2D eigenvalue weighted by molar-refractivity contribution is 5.86. The monoisotopic (exact) mass is 266 g/mol. The van der Waals surface area contributed by atoms with Gasteiger partial charge in [0.05, 0.1) is 12.2 Å². The topological polar surface area (TPSA) is 55.9 Å². The fourth-order valence-corrected chi connectivity index (χ4v) is 2.57. The number of fused-ring (bicyclic) bond motifs is 1. The Balaban J connectivity index is 2.11. The zero-order chi connectivity index (χ0) is 13.9. The average molecular weight is 266 g/mol. The highest BCUT2D eigenvalue weighted by atomic mass is 15.3. The van der Waals surface area contributed by atoms with E-state index in [1.807, 2.05) is 23.1 Å². The summed E-state index contributed by atoms with van der Waals surface area (Å²) in [7, 11) is 0. The number of nitrogens with one attached hydrogen (secondary N) is 1. The van der Waals surface area contributed by atoms with Crippen molar-refractivity contribution in [3.63, 3.8) is 0 Å². The second kappa shape index (κ2) is 5.45. The van der Waals surface area contributed by atoms with Crippen molar-refractivity contribution in [3.8, 4) is 0 Å². The highest BCUT2D eigenvalue weighted by Crippen LogP contribution is 2.28. The Bertz CT molecular complexity index is 712. The third-order valence-corrected chi connectivity index (χ3v) is 3.61. The number of hydrogen-bond acceptors (Lipinski definition) is 3.